The van der Waals surface area contributed by atoms with E-state index in [0.29, 0.717) is 0 Å². The van der Waals surface area contributed by atoms with E-state index < -0.39 is 0 Å². The van der Waals surface area contributed by atoms with Gasteiger partial charge in [-0.05, 0) is 37.5 Å². The highest BCUT2D eigenvalue weighted by molar-refractivity contribution is 5.14. The third-order valence-corrected chi connectivity index (χ3v) is 3.43. The third-order valence-electron chi connectivity index (χ3n) is 3.43. The molecule has 1 aliphatic carbocycles. The van der Waals surface area contributed by atoms with Crippen LogP contribution in [-0.4, -0.2) is 20.4 Å². The van der Waals surface area contributed by atoms with Gasteiger partial charge in [0.05, 0.1) is 17.9 Å². The molecule has 4 heteroatoms. The topological polar surface area (TPSA) is 34.8 Å². The van der Waals surface area contributed by atoms with E-state index in [9.17, 15) is 0 Å². The molecule has 0 bridgehead atoms. The molecule has 0 saturated heterocycles. The van der Waals surface area contributed by atoms with Crippen molar-refractivity contribution in [3.05, 3.63) is 41.5 Å². The van der Waals surface area contributed by atoms with Crippen molar-refractivity contribution in [2.45, 2.75) is 38.9 Å². The average Bonchev–Trinajstić information content (AvgIpc) is 2.97. The standard InChI is InChI=1S/C14H20N4/c1-11-7-14(17(2)16-11)10-18-6-5-12(9-18)8-15-13-3-4-13/h5-7,9,13,15H,3-4,8,10H2,1-2H3. The van der Waals surface area contributed by atoms with E-state index in [-0.39, 0.29) is 0 Å². The Kier molecular flexibility index (Phi) is 2.96. The van der Waals surface area contributed by atoms with E-state index in [1.54, 1.807) is 0 Å². The van der Waals surface area contributed by atoms with Gasteiger partial charge >= 0.3 is 0 Å². The molecule has 2 heterocycles. The van der Waals surface area contributed by atoms with Gasteiger partial charge in [0.25, 0.3) is 0 Å². The monoisotopic (exact) mass is 244 g/mol. The number of aromatic nitrogens is 3. The minimum absolute atomic E-state index is 0.771. The Morgan fingerprint density at radius 2 is 2.28 bits per heavy atom. The van der Waals surface area contributed by atoms with Gasteiger partial charge in [-0.15, -0.1) is 0 Å². The lowest BCUT2D eigenvalue weighted by atomic mass is 10.3. The lowest BCUT2D eigenvalue weighted by molar-refractivity contribution is 0.659. The van der Waals surface area contributed by atoms with Crippen LogP contribution in [0.4, 0.5) is 0 Å². The van der Waals surface area contributed by atoms with Crippen LogP contribution in [0.3, 0.4) is 0 Å². The molecule has 96 valence electrons. The van der Waals surface area contributed by atoms with Gasteiger partial charge in [-0.2, -0.15) is 5.10 Å². The molecule has 0 aromatic carbocycles. The van der Waals surface area contributed by atoms with Gasteiger partial charge in [0.15, 0.2) is 0 Å². The molecule has 2 aromatic rings. The summed E-state index contributed by atoms with van der Waals surface area (Å²) < 4.78 is 4.18. The molecule has 3 rings (SSSR count). The number of aryl methyl sites for hydroxylation is 2. The molecule has 1 fully saturated rings. The van der Waals surface area contributed by atoms with Gasteiger partial charge < -0.3 is 9.88 Å². The molecule has 0 radical (unpaired) electrons. The van der Waals surface area contributed by atoms with Gasteiger partial charge in [0.1, 0.15) is 0 Å². The number of hydrogen-bond donors (Lipinski definition) is 1. The van der Waals surface area contributed by atoms with Crippen LogP contribution in [0.5, 0.6) is 0 Å². The maximum Gasteiger partial charge on any atom is 0.0639 e. The fourth-order valence-corrected chi connectivity index (χ4v) is 2.24. The maximum atomic E-state index is 4.37. The second kappa shape index (κ2) is 4.61. The minimum Gasteiger partial charge on any atom is -0.348 e. The van der Waals surface area contributed by atoms with E-state index in [4.69, 9.17) is 0 Å². The zero-order valence-corrected chi connectivity index (χ0v) is 11.1. The molecule has 18 heavy (non-hydrogen) atoms. The Morgan fingerprint density at radius 3 is 2.94 bits per heavy atom. The fraction of sp³-hybridized carbons (Fsp3) is 0.500. The van der Waals surface area contributed by atoms with Crippen LogP contribution >= 0.6 is 0 Å². The molecule has 0 unspecified atom stereocenters. The predicted molar refractivity (Wildman–Crippen MR) is 71.3 cm³/mol. The van der Waals surface area contributed by atoms with Crippen LogP contribution in [0, 0.1) is 6.92 Å². The summed E-state index contributed by atoms with van der Waals surface area (Å²) in [5.74, 6) is 0. The van der Waals surface area contributed by atoms with E-state index in [2.05, 4.69) is 39.5 Å². The Hall–Kier alpha value is -1.55. The fourth-order valence-electron chi connectivity index (χ4n) is 2.24. The van der Waals surface area contributed by atoms with Crippen molar-refractivity contribution in [1.29, 1.82) is 0 Å². The van der Waals surface area contributed by atoms with Crippen molar-refractivity contribution in [1.82, 2.24) is 19.7 Å². The van der Waals surface area contributed by atoms with Gasteiger partial charge in [0.2, 0.25) is 0 Å². The number of nitrogens with zero attached hydrogens (tertiary/aromatic N) is 3. The number of rotatable bonds is 5. The Labute approximate surface area is 108 Å². The zero-order valence-electron chi connectivity index (χ0n) is 11.1. The van der Waals surface area contributed by atoms with Crippen LogP contribution < -0.4 is 5.32 Å². The van der Waals surface area contributed by atoms with E-state index >= 15 is 0 Å². The highest BCUT2D eigenvalue weighted by Crippen LogP contribution is 2.19. The smallest absolute Gasteiger partial charge is 0.0639 e. The Morgan fingerprint density at radius 1 is 1.44 bits per heavy atom. The Balaban J connectivity index is 1.63. The van der Waals surface area contributed by atoms with Crippen LogP contribution in [0.25, 0.3) is 0 Å². The molecule has 1 aliphatic rings. The van der Waals surface area contributed by atoms with Crippen LogP contribution in [-0.2, 0) is 20.1 Å². The quantitative estimate of drug-likeness (QED) is 0.871. The van der Waals surface area contributed by atoms with Crippen LogP contribution in [0.1, 0.15) is 29.8 Å². The van der Waals surface area contributed by atoms with Crippen LogP contribution in [0.15, 0.2) is 24.5 Å². The largest absolute Gasteiger partial charge is 0.348 e. The van der Waals surface area contributed by atoms with Gasteiger partial charge in [0, 0.05) is 32.0 Å². The highest BCUT2D eigenvalue weighted by atomic mass is 15.3. The van der Waals surface area contributed by atoms with Crippen molar-refractivity contribution in [3.63, 3.8) is 0 Å². The van der Waals surface area contributed by atoms with Crippen molar-refractivity contribution < 1.29 is 0 Å². The molecule has 0 atom stereocenters. The van der Waals surface area contributed by atoms with Crippen LogP contribution in [0.2, 0.25) is 0 Å². The van der Waals surface area contributed by atoms with E-state index in [1.807, 2.05) is 18.7 Å². The Bertz CT molecular complexity index is 534. The maximum absolute atomic E-state index is 4.37. The highest BCUT2D eigenvalue weighted by Gasteiger charge is 2.19. The molecule has 2 aromatic heterocycles. The molecular formula is C14H20N4. The SMILES string of the molecule is Cc1cc(Cn2ccc(CNC3CC3)c2)n(C)n1. The lowest BCUT2D eigenvalue weighted by Crippen LogP contribution is -2.14. The molecule has 0 amide bonds. The minimum atomic E-state index is 0.771. The molecule has 4 nitrogen and oxygen atoms in total. The first-order valence-corrected chi connectivity index (χ1v) is 6.58. The summed E-state index contributed by atoms with van der Waals surface area (Å²) in [6.07, 6.45) is 7.05. The van der Waals surface area contributed by atoms with Crippen molar-refractivity contribution in [3.8, 4) is 0 Å². The second-order valence-electron chi connectivity index (χ2n) is 5.25. The first-order valence-electron chi connectivity index (χ1n) is 6.58. The second-order valence-corrected chi connectivity index (χ2v) is 5.25. The van der Waals surface area contributed by atoms with Crippen molar-refractivity contribution in [2.75, 3.05) is 0 Å². The van der Waals surface area contributed by atoms with Crippen molar-refractivity contribution in [2.24, 2.45) is 7.05 Å². The summed E-state index contributed by atoms with van der Waals surface area (Å²) in [6, 6.07) is 5.11. The summed E-state index contributed by atoms with van der Waals surface area (Å²) in [6.45, 7) is 3.91. The summed E-state index contributed by atoms with van der Waals surface area (Å²) in [5, 5.41) is 7.91. The summed E-state index contributed by atoms with van der Waals surface area (Å²) >= 11 is 0. The zero-order chi connectivity index (χ0) is 12.5. The molecule has 1 saturated carbocycles. The van der Waals surface area contributed by atoms with Crippen molar-refractivity contribution >= 4 is 0 Å². The first kappa shape index (κ1) is 11.5. The predicted octanol–water partition coefficient (Wildman–Crippen LogP) is 1.83. The summed E-state index contributed by atoms with van der Waals surface area (Å²) in [4.78, 5) is 0. The number of nitrogens with one attached hydrogen (secondary N) is 1. The molecule has 0 spiro atoms. The lowest BCUT2D eigenvalue weighted by Gasteiger charge is -2.03. The summed E-state index contributed by atoms with van der Waals surface area (Å²) in [7, 11) is 2.00. The van der Waals surface area contributed by atoms with E-state index in [0.717, 1.165) is 24.8 Å². The van der Waals surface area contributed by atoms with Gasteiger partial charge in [-0.25, -0.2) is 0 Å². The normalized spacial score (nSPS) is 15.2. The third kappa shape index (κ3) is 2.64. The number of hydrogen-bond acceptors (Lipinski definition) is 2. The van der Waals surface area contributed by atoms with Gasteiger partial charge in [-0.1, -0.05) is 0 Å². The van der Waals surface area contributed by atoms with E-state index in [1.165, 1.54) is 24.1 Å². The summed E-state index contributed by atoms with van der Waals surface area (Å²) in [5.41, 5.74) is 3.68. The molecule has 0 aliphatic heterocycles. The average molecular weight is 244 g/mol. The van der Waals surface area contributed by atoms with Gasteiger partial charge in [-0.3, -0.25) is 4.68 Å². The molecular weight excluding hydrogens is 224 g/mol. The molecule has 1 N–H and O–H groups in total. The first-order chi connectivity index (χ1) is 8.70.